The summed E-state index contributed by atoms with van der Waals surface area (Å²) in [7, 11) is 1.29. The van der Waals surface area contributed by atoms with Crippen LogP contribution >= 0.6 is 0 Å². The molecule has 6 aliphatic heterocycles. The van der Waals surface area contributed by atoms with Gasteiger partial charge in [-0.15, -0.1) is 0 Å². The molecular weight excluding hydrogens is 966 g/mol. The summed E-state index contributed by atoms with van der Waals surface area (Å²) >= 11 is 0. The largest absolute Gasteiger partial charge is 0.493 e. The van der Waals surface area contributed by atoms with Gasteiger partial charge in [0, 0.05) is 61.0 Å². The quantitative estimate of drug-likeness (QED) is 0.113. The lowest BCUT2D eigenvalue weighted by molar-refractivity contribution is -0.141. The normalized spacial score (nSPS) is 23.6. The third kappa shape index (κ3) is 8.12. The van der Waals surface area contributed by atoms with E-state index >= 15 is 4.39 Å². The van der Waals surface area contributed by atoms with E-state index in [1.807, 2.05) is 36.5 Å². The Morgan fingerprint density at radius 2 is 1.59 bits per heavy atom. The number of alkyl carbamates (subject to hydrolysis) is 1. The van der Waals surface area contributed by atoms with Gasteiger partial charge in [-0.1, -0.05) is 48.5 Å². The zero-order chi connectivity index (χ0) is 51.2. The van der Waals surface area contributed by atoms with Crippen LogP contribution in [-0.2, 0) is 25.5 Å². The number of H-pyrrole nitrogens is 2. The molecule has 4 aromatic carbocycles. The lowest BCUT2D eigenvalue weighted by Gasteiger charge is -2.40. The molecule has 17 heteroatoms. The predicted octanol–water partition coefficient (Wildman–Crippen LogP) is 9.42. The number of nitrogens with one attached hydrogen (secondary N) is 3. The number of ether oxygens (including phenoxy) is 4. The number of likely N-dealkylation sites (tertiary alicyclic amines) is 3. The monoisotopic (exact) mass is 1030 g/mol. The van der Waals surface area contributed by atoms with E-state index in [1.54, 1.807) is 11.1 Å². The van der Waals surface area contributed by atoms with Crippen molar-refractivity contribution in [3.8, 4) is 45.3 Å². The Morgan fingerprint density at radius 3 is 2.38 bits per heavy atom. The highest BCUT2D eigenvalue weighted by Gasteiger charge is 2.57. The van der Waals surface area contributed by atoms with Crippen LogP contribution in [0, 0.1) is 17.7 Å². The Hall–Kier alpha value is -7.50. The fourth-order valence-corrected chi connectivity index (χ4v) is 13.1. The Balaban J connectivity index is 0.782. The van der Waals surface area contributed by atoms with Gasteiger partial charge < -0.3 is 48.6 Å². The average Bonchev–Trinajstić information content (AvgIpc) is 4.18. The fourth-order valence-electron chi connectivity index (χ4n) is 13.1. The molecule has 14 rings (SSSR count). The number of halogens is 1. The summed E-state index contributed by atoms with van der Waals surface area (Å²) < 4.78 is 42.9. The minimum Gasteiger partial charge on any atom is -0.493 e. The molecule has 0 spiro atoms. The number of methoxy groups -OCH3 is 1. The van der Waals surface area contributed by atoms with Crippen LogP contribution < -0.4 is 14.8 Å². The molecule has 390 valence electrons. The van der Waals surface area contributed by atoms with Crippen molar-refractivity contribution in [2.24, 2.45) is 11.8 Å². The SMILES string of the molecule is COC(=O)N[C@H](C(=O)N1CCC[C@H]1c1ncc(-c2cc(F)c3c(c2)OC(c2ccc4c(c2)OCCC4)n2c-3cc3cc(-c4cnc([C@@H]5C[C@H]6C[C@H]6N5C(=O)[C@@H](c5ccccc5)N5CCC5)[nH]4)ccc32)[nH]1)C1CCOCC1. The molecule has 1 saturated carbocycles. The number of carbonyl (C=O) groups excluding carboxylic acids is 3. The number of aromatic nitrogens is 5. The average molecular weight is 1030 g/mol. The molecule has 76 heavy (non-hydrogen) atoms. The van der Waals surface area contributed by atoms with Gasteiger partial charge in [-0.05, 0) is 117 Å². The molecular formula is C59H60FN9O7. The number of amides is 3. The standard InChI is InChI=1S/C59H60FN9O7/c1-73-59(72)65-52(34-16-22-74-23-17-34)56(70)67-20-5-11-45(67)54-61-32-43(64-54)38-25-41(60)51-47-27-39-24-36(14-15-44(39)69(47)58(76-50(51)30-38)37-13-12-33-10-6-21-75-49(33)29-37)42-31-62-55(63-42)48-28-40-26-46(40)68(48)57(71)53(66-18-7-19-66)35-8-3-2-4-9-35/h2-4,8-9,12-15,24-25,27,29-32,34,40,45-46,48,52-53,58H,5-7,10-11,16-23,26,28H2,1H3,(H,61,64)(H,62,63)(H,65,72)/t40-,45+,46-,48+,52+,53-,58?/m1/s1. The summed E-state index contributed by atoms with van der Waals surface area (Å²) in [6.45, 7) is 4.01. The number of carbonyl (C=O) groups is 3. The molecule has 0 bridgehead atoms. The molecule has 7 atom stereocenters. The predicted molar refractivity (Wildman–Crippen MR) is 280 cm³/mol. The van der Waals surface area contributed by atoms with Crippen LogP contribution in [0.3, 0.4) is 0 Å². The van der Waals surface area contributed by atoms with Crippen LogP contribution in [0.25, 0.3) is 44.7 Å². The van der Waals surface area contributed by atoms with Gasteiger partial charge in [0.2, 0.25) is 18.0 Å². The minimum atomic E-state index is -0.765. The lowest BCUT2D eigenvalue weighted by Crippen LogP contribution is -2.53. The van der Waals surface area contributed by atoms with E-state index < -0.39 is 24.2 Å². The maximum atomic E-state index is 17.2. The maximum absolute atomic E-state index is 17.2. The third-order valence-electron chi connectivity index (χ3n) is 17.3. The smallest absolute Gasteiger partial charge is 0.407 e. The first-order valence-corrected chi connectivity index (χ1v) is 27.1. The van der Waals surface area contributed by atoms with Gasteiger partial charge in [0.05, 0.1) is 66.4 Å². The molecule has 1 unspecified atom stereocenters. The highest BCUT2D eigenvalue weighted by Crippen LogP contribution is 2.55. The van der Waals surface area contributed by atoms with Crippen molar-refractivity contribution in [2.45, 2.75) is 94.2 Å². The third-order valence-corrected chi connectivity index (χ3v) is 17.3. The Bertz CT molecular complexity index is 3400. The van der Waals surface area contributed by atoms with Gasteiger partial charge in [-0.3, -0.25) is 14.5 Å². The van der Waals surface area contributed by atoms with Crippen molar-refractivity contribution in [1.29, 1.82) is 0 Å². The van der Waals surface area contributed by atoms with E-state index in [0.29, 0.717) is 85.6 Å². The second kappa shape index (κ2) is 19.0. The number of fused-ring (bicyclic) bond motifs is 7. The molecule has 16 nitrogen and oxygen atoms in total. The molecule has 9 heterocycles. The van der Waals surface area contributed by atoms with Crippen molar-refractivity contribution in [3.05, 3.63) is 131 Å². The van der Waals surface area contributed by atoms with Gasteiger partial charge in [0.1, 0.15) is 41.0 Å². The second-order valence-electron chi connectivity index (χ2n) is 21.7. The number of piperidine rings is 1. The number of benzene rings is 4. The Morgan fingerprint density at radius 1 is 0.789 bits per heavy atom. The van der Waals surface area contributed by atoms with Crippen LogP contribution in [-0.4, -0.2) is 116 Å². The van der Waals surface area contributed by atoms with Crippen LogP contribution in [0.15, 0.2) is 97.3 Å². The fraction of sp³-hybridized carbons (Fsp3) is 0.407. The first kappa shape index (κ1) is 47.0. The molecule has 4 saturated heterocycles. The highest BCUT2D eigenvalue weighted by molar-refractivity contribution is 5.93. The van der Waals surface area contributed by atoms with E-state index in [2.05, 4.69) is 78.2 Å². The topological polar surface area (TPSA) is 172 Å². The number of aryl methyl sites for hydroxylation is 1. The van der Waals surface area contributed by atoms with Gasteiger partial charge in [-0.25, -0.2) is 19.2 Å². The molecule has 7 aliphatic rings. The first-order valence-electron chi connectivity index (χ1n) is 27.1. The van der Waals surface area contributed by atoms with Crippen molar-refractivity contribution < 1.29 is 37.7 Å². The minimum absolute atomic E-state index is 0.0955. The number of hydrogen-bond acceptors (Lipinski definition) is 10. The molecule has 1 aliphatic carbocycles. The van der Waals surface area contributed by atoms with E-state index in [4.69, 9.17) is 28.9 Å². The van der Waals surface area contributed by atoms with Crippen molar-refractivity contribution in [1.82, 2.24) is 44.5 Å². The lowest BCUT2D eigenvalue weighted by atomic mass is 9.90. The number of imidazole rings is 2. The van der Waals surface area contributed by atoms with Crippen LogP contribution in [0.5, 0.6) is 11.5 Å². The van der Waals surface area contributed by atoms with E-state index in [0.717, 1.165) is 102 Å². The summed E-state index contributed by atoms with van der Waals surface area (Å²) in [5, 5.41) is 3.72. The number of aromatic amines is 2. The highest BCUT2D eigenvalue weighted by atomic mass is 19.1. The van der Waals surface area contributed by atoms with Crippen LogP contribution in [0.1, 0.15) is 104 Å². The summed E-state index contributed by atoms with van der Waals surface area (Å²) in [6, 6.07) is 26.7. The van der Waals surface area contributed by atoms with E-state index in [-0.39, 0.29) is 41.9 Å². The summed E-state index contributed by atoms with van der Waals surface area (Å²) in [5.74, 6) is 2.49. The molecule has 7 aromatic rings. The number of rotatable bonds is 11. The number of nitrogens with zero attached hydrogens (tertiary/aromatic N) is 6. The molecule has 5 fully saturated rings. The maximum Gasteiger partial charge on any atom is 0.407 e. The van der Waals surface area contributed by atoms with Crippen molar-refractivity contribution in [3.63, 3.8) is 0 Å². The number of hydrogen-bond donors (Lipinski definition) is 3. The van der Waals surface area contributed by atoms with Gasteiger partial charge >= 0.3 is 6.09 Å². The van der Waals surface area contributed by atoms with Crippen molar-refractivity contribution in [2.75, 3.05) is 46.6 Å². The van der Waals surface area contributed by atoms with Crippen molar-refractivity contribution >= 4 is 28.8 Å². The Kier molecular flexibility index (Phi) is 11.7. The summed E-state index contributed by atoms with van der Waals surface area (Å²) in [5.41, 5.74) is 7.83. The zero-order valence-corrected chi connectivity index (χ0v) is 42.4. The molecule has 3 amide bonds. The second-order valence-corrected chi connectivity index (χ2v) is 21.7. The van der Waals surface area contributed by atoms with E-state index in [1.165, 1.54) is 13.2 Å². The van der Waals surface area contributed by atoms with Gasteiger partial charge in [-0.2, -0.15) is 0 Å². The molecule has 3 N–H and O–H groups in total. The molecule has 3 aromatic heterocycles. The Labute approximate surface area is 438 Å². The van der Waals surface area contributed by atoms with Crippen LogP contribution in [0.2, 0.25) is 0 Å². The first-order chi connectivity index (χ1) is 37.3. The van der Waals surface area contributed by atoms with Gasteiger partial charge in [0.25, 0.3) is 0 Å². The van der Waals surface area contributed by atoms with Gasteiger partial charge in [0.15, 0.2) is 0 Å². The summed E-state index contributed by atoms with van der Waals surface area (Å²) in [4.78, 5) is 64.5. The summed E-state index contributed by atoms with van der Waals surface area (Å²) in [6.07, 6.45) is 9.85. The van der Waals surface area contributed by atoms with E-state index in [9.17, 15) is 14.4 Å². The molecule has 0 radical (unpaired) electrons. The zero-order valence-electron chi connectivity index (χ0n) is 42.4. The van der Waals surface area contributed by atoms with Crippen LogP contribution in [0.4, 0.5) is 9.18 Å².